The Kier molecular flexibility index (Phi) is 5.53. The Morgan fingerprint density at radius 3 is 2.56 bits per heavy atom. The first-order valence-corrected chi connectivity index (χ1v) is 8.79. The van der Waals surface area contributed by atoms with Gasteiger partial charge in [0.2, 0.25) is 0 Å². The highest BCUT2D eigenvalue weighted by Gasteiger charge is 2.08. The largest absolute Gasteiger partial charge is 0.497 e. The Labute approximate surface area is 154 Å². The first-order chi connectivity index (χ1) is 12.1. The van der Waals surface area contributed by atoms with E-state index in [4.69, 9.17) is 16.3 Å². The maximum absolute atomic E-state index is 12.0. The number of thiazole rings is 1. The first kappa shape index (κ1) is 17.3. The molecule has 2 N–H and O–H groups in total. The van der Waals surface area contributed by atoms with Crippen molar-refractivity contribution in [1.82, 2.24) is 10.3 Å². The number of hydrogen-bond acceptors (Lipinski definition) is 4. The molecule has 3 aromatic rings. The maximum atomic E-state index is 12.0. The van der Waals surface area contributed by atoms with Crippen LogP contribution in [0.1, 0.15) is 5.56 Å². The lowest BCUT2D eigenvalue weighted by molar-refractivity contribution is 0.251. The quantitative estimate of drug-likeness (QED) is 0.675. The van der Waals surface area contributed by atoms with E-state index in [0.717, 1.165) is 22.6 Å². The molecule has 3 rings (SSSR count). The van der Waals surface area contributed by atoms with Crippen LogP contribution in [0, 0.1) is 0 Å². The average molecular weight is 374 g/mol. The fraction of sp³-hybridized carbons (Fsp3) is 0.111. The fourth-order valence-electron chi connectivity index (χ4n) is 2.15. The van der Waals surface area contributed by atoms with Gasteiger partial charge >= 0.3 is 6.03 Å². The number of nitrogens with one attached hydrogen (secondary N) is 2. The van der Waals surface area contributed by atoms with Gasteiger partial charge in [0.1, 0.15) is 5.75 Å². The third-order valence-electron chi connectivity index (χ3n) is 3.48. The second-order valence-electron chi connectivity index (χ2n) is 5.20. The topological polar surface area (TPSA) is 63.2 Å². The smallest absolute Gasteiger partial charge is 0.321 e. The molecule has 1 heterocycles. The van der Waals surface area contributed by atoms with Gasteiger partial charge in [-0.2, -0.15) is 0 Å². The van der Waals surface area contributed by atoms with E-state index in [0.29, 0.717) is 16.7 Å². The zero-order valence-corrected chi connectivity index (χ0v) is 15.0. The zero-order valence-electron chi connectivity index (χ0n) is 13.5. The minimum absolute atomic E-state index is 0.300. The molecule has 0 radical (unpaired) electrons. The van der Waals surface area contributed by atoms with E-state index in [2.05, 4.69) is 15.6 Å². The van der Waals surface area contributed by atoms with E-state index < -0.39 is 0 Å². The van der Waals surface area contributed by atoms with Gasteiger partial charge in [0.15, 0.2) is 5.13 Å². The van der Waals surface area contributed by atoms with E-state index in [-0.39, 0.29) is 6.03 Å². The standard InChI is InChI=1S/C18H16ClN3O2S/c1-24-15-8-4-13(5-9-15)16-11-25-18(21-16)22-17(23)20-10-12-2-6-14(19)7-3-12/h2-9,11H,10H2,1H3,(H2,20,21,22,23). The van der Waals surface area contributed by atoms with Crippen LogP contribution in [0.5, 0.6) is 5.75 Å². The molecule has 0 aliphatic rings. The number of benzene rings is 2. The van der Waals surface area contributed by atoms with Crippen LogP contribution in [0.3, 0.4) is 0 Å². The Morgan fingerprint density at radius 1 is 1.16 bits per heavy atom. The number of methoxy groups -OCH3 is 1. The number of hydrogen-bond donors (Lipinski definition) is 2. The predicted molar refractivity (Wildman–Crippen MR) is 101 cm³/mol. The van der Waals surface area contributed by atoms with Crippen molar-refractivity contribution in [1.29, 1.82) is 0 Å². The van der Waals surface area contributed by atoms with E-state index in [9.17, 15) is 4.79 Å². The van der Waals surface area contributed by atoms with E-state index >= 15 is 0 Å². The number of amides is 2. The number of carbonyl (C=O) groups is 1. The number of urea groups is 1. The summed E-state index contributed by atoms with van der Waals surface area (Å²) in [5.41, 5.74) is 2.74. The van der Waals surface area contributed by atoms with Crippen molar-refractivity contribution in [3.63, 3.8) is 0 Å². The van der Waals surface area contributed by atoms with Crippen LogP contribution in [-0.4, -0.2) is 18.1 Å². The van der Waals surface area contributed by atoms with Crippen LogP contribution in [-0.2, 0) is 6.54 Å². The lowest BCUT2D eigenvalue weighted by atomic mass is 10.2. The Bertz CT molecular complexity index is 848. The number of carbonyl (C=O) groups excluding carboxylic acids is 1. The highest BCUT2D eigenvalue weighted by Crippen LogP contribution is 2.26. The van der Waals surface area contributed by atoms with Gasteiger partial charge < -0.3 is 10.1 Å². The van der Waals surface area contributed by atoms with Crippen molar-refractivity contribution in [3.05, 3.63) is 64.5 Å². The van der Waals surface area contributed by atoms with Gasteiger partial charge in [0, 0.05) is 22.5 Å². The molecule has 0 atom stereocenters. The molecule has 7 heteroatoms. The molecule has 0 spiro atoms. The van der Waals surface area contributed by atoms with Crippen LogP contribution in [0.15, 0.2) is 53.9 Å². The minimum Gasteiger partial charge on any atom is -0.497 e. The third-order valence-corrected chi connectivity index (χ3v) is 4.49. The summed E-state index contributed by atoms with van der Waals surface area (Å²) in [7, 11) is 1.63. The van der Waals surface area contributed by atoms with E-state index in [1.165, 1.54) is 11.3 Å². The SMILES string of the molecule is COc1ccc(-c2csc(NC(=O)NCc3ccc(Cl)cc3)n2)cc1. The van der Waals surface area contributed by atoms with Crippen molar-refractivity contribution < 1.29 is 9.53 Å². The summed E-state index contributed by atoms with van der Waals surface area (Å²) in [4.78, 5) is 16.4. The van der Waals surface area contributed by atoms with Crippen molar-refractivity contribution >= 4 is 34.1 Å². The summed E-state index contributed by atoms with van der Waals surface area (Å²) in [6.07, 6.45) is 0. The van der Waals surface area contributed by atoms with Gasteiger partial charge in [-0.05, 0) is 42.0 Å². The monoisotopic (exact) mass is 373 g/mol. The van der Waals surface area contributed by atoms with Gasteiger partial charge in [-0.1, -0.05) is 23.7 Å². The molecule has 2 amide bonds. The van der Waals surface area contributed by atoms with Gasteiger partial charge in [0.25, 0.3) is 0 Å². The normalized spacial score (nSPS) is 10.3. The van der Waals surface area contributed by atoms with Gasteiger partial charge in [-0.3, -0.25) is 5.32 Å². The molecule has 0 unspecified atom stereocenters. The molecule has 5 nitrogen and oxygen atoms in total. The second kappa shape index (κ2) is 8.00. The second-order valence-corrected chi connectivity index (χ2v) is 6.50. The summed E-state index contributed by atoms with van der Waals surface area (Å²) >= 11 is 7.21. The van der Waals surface area contributed by atoms with Gasteiger partial charge in [-0.15, -0.1) is 11.3 Å². The molecule has 0 bridgehead atoms. The Morgan fingerprint density at radius 2 is 1.88 bits per heavy atom. The predicted octanol–water partition coefficient (Wildman–Crippen LogP) is 4.79. The fourth-order valence-corrected chi connectivity index (χ4v) is 2.99. The lowest BCUT2D eigenvalue weighted by Crippen LogP contribution is -2.28. The van der Waals surface area contributed by atoms with Crippen molar-refractivity contribution in [3.8, 4) is 17.0 Å². The highest BCUT2D eigenvalue weighted by molar-refractivity contribution is 7.14. The Balaban J connectivity index is 1.56. The first-order valence-electron chi connectivity index (χ1n) is 7.53. The van der Waals surface area contributed by atoms with Crippen LogP contribution in [0.4, 0.5) is 9.93 Å². The summed E-state index contributed by atoms with van der Waals surface area (Å²) in [6, 6.07) is 14.6. The molecule has 25 heavy (non-hydrogen) atoms. The summed E-state index contributed by atoms with van der Waals surface area (Å²) < 4.78 is 5.14. The molecule has 128 valence electrons. The third kappa shape index (κ3) is 4.71. The van der Waals surface area contributed by atoms with E-state index in [1.54, 1.807) is 19.2 Å². The molecule has 0 saturated carbocycles. The zero-order chi connectivity index (χ0) is 17.6. The van der Waals surface area contributed by atoms with E-state index in [1.807, 2.05) is 41.8 Å². The van der Waals surface area contributed by atoms with Crippen LogP contribution < -0.4 is 15.4 Å². The number of anilines is 1. The molecule has 1 aromatic heterocycles. The molecular weight excluding hydrogens is 358 g/mol. The molecule has 0 fully saturated rings. The molecule has 0 aliphatic carbocycles. The van der Waals surface area contributed by atoms with Crippen molar-refractivity contribution in [2.45, 2.75) is 6.54 Å². The summed E-state index contributed by atoms with van der Waals surface area (Å²) in [5, 5.41) is 8.64. The number of ether oxygens (including phenoxy) is 1. The Hall–Kier alpha value is -2.57. The van der Waals surface area contributed by atoms with Crippen LogP contribution in [0.25, 0.3) is 11.3 Å². The van der Waals surface area contributed by atoms with Crippen molar-refractivity contribution in [2.75, 3.05) is 12.4 Å². The molecule has 2 aromatic carbocycles. The number of rotatable bonds is 5. The van der Waals surface area contributed by atoms with Crippen molar-refractivity contribution in [2.24, 2.45) is 0 Å². The molecule has 0 aliphatic heterocycles. The van der Waals surface area contributed by atoms with Gasteiger partial charge in [-0.25, -0.2) is 9.78 Å². The van der Waals surface area contributed by atoms with Crippen LogP contribution in [0.2, 0.25) is 5.02 Å². The summed E-state index contributed by atoms with van der Waals surface area (Å²) in [6.45, 7) is 0.416. The number of nitrogens with zero attached hydrogens (tertiary/aromatic N) is 1. The number of aromatic nitrogens is 1. The minimum atomic E-state index is -0.300. The lowest BCUT2D eigenvalue weighted by Gasteiger charge is -2.05. The molecular formula is C18H16ClN3O2S. The summed E-state index contributed by atoms with van der Waals surface area (Å²) in [5.74, 6) is 0.791. The highest BCUT2D eigenvalue weighted by atomic mass is 35.5. The van der Waals surface area contributed by atoms with Gasteiger partial charge in [0.05, 0.1) is 12.8 Å². The van der Waals surface area contributed by atoms with Crippen LogP contribution >= 0.6 is 22.9 Å². The number of halogens is 1. The maximum Gasteiger partial charge on any atom is 0.321 e. The average Bonchev–Trinajstić information content (AvgIpc) is 3.10. The molecule has 0 saturated heterocycles.